The number of hydrogen-bond donors (Lipinski definition) is 2. The first-order chi connectivity index (χ1) is 9.66. The van der Waals surface area contributed by atoms with Gasteiger partial charge in [-0.1, -0.05) is 0 Å². The number of amides is 2. The van der Waals surface area contributed by atoms with Crippen molar-refractivity contribution < 1.29 is 9.59 Å². The first-order valence-electron chi connectivity index (χ1n) is 7.96. The molecule has 1 heterocycles. The summed E-state index contributed by atoms with van der Waals surface area (Å²) in [7, 11) is 0. The molecule has 4 aliphatic rings. The lowest BCUT2D eigenvalue weighted by atomic mass is 10.0. The highest BCUT2D eigenvalue weighted by Gasteiger charge is 2.68. The number of carbonyl (C=O) groups excluding carboxylic acids is 2. The first-order valence-corrected chi connectivity index (χ1v) is 7.96. The summed E-state index contributed by atoms with van der Waals surface area (Å²) in [6.45, 7) is 1.82. The molecule has 2 bridgehead atoms. The van der Waals surface area contributed by atoms with E-state index in [2.05, 4.69) is 5.32 Å². The molecule has 1 aliphatic heterocycles. The van der Waals surface area contributed by atoms with E-state index in [0.717, 1.165) is 31.3 Å². The number of primary amides is 1. The SMILES string of the molecule is NC(=O)CN(C(=O)C1C2C3CCC(C3)C12)C1CCNC1. The van der Waals surface area contributed by atoms with Gasteiger partial charge in [0.15, 0.2) is 0 Å². The van der Waals surface area contributed by atoms with Crippen LogP contribution in [-0.4, -0.2) is 42.4 Å². The third-order valence-electron chi connectivity index (χ3n) is 6.10. The normalized spacial score (nSPS) is 44.4. The maximum Gasteiger partial charge on any atom is 0.237 e. The van der Waals surface area contributed by atoms with Gasteiger partial charge < -0.3 is 16.0 Å². The van der Waals surface area contributed by atoms with Crippen LogP contribution in [0.25, 0.3) is 0 Å². The van der Waals surface area contributed by atoms with Crippen LogP contribution in [0, 0.1) is 29.6 Å². The average molecular weight is 277 g/mol. The van der Waals surface area contributed by atoms with Crippen LogP contribution >= 0.6 is 0 Å². The van der Waals surface area contributed by atoms with Gasteiger partial charge in [-0.3, -0.25) is 9.59 Å². The fourth-order valence-corrected chi connectivity index (χ4v) is 5.31. The van der Waals surface area contributed by atoms with Crippen LogP contribution in [0.1, 0.15) is 25.7 Å². The van der Waals surface area contributed by atoms with Crippen molar-refractivity contribution >= 4 is 11.8 Å². The molecule has 5 unspecified atom stereocenters. The van der Waals surface area contributed by atoms with E-state index in [4.69, 9.17) is 5.73 Å². The van der Waals surface area contributed by atoms with Crippen molar-refractivity contribution in [2.75, 3.05) is 19.6 Å². The van der Waals surface area contributed by atoms with Crippen LogP contribution in [0.2, 0.25) is 0 Å². The predicted octanol–water partition coefficient (Wildman–Crippen LogP) is -0.0457. The van der Waals surface area contributed by atoms with Crippen LogP contribution in [0.15, 0.2) is 0 Å². The van der Waals surface area contributed by atoms with Gasteiger partial charge in [-0.2, -0.15) is 0 Å². The van der Waals surface area contributed by atoms with Gasteiger partial charge in [-0.15, -0.1) is 0 Å². The summed E-state index contributed by atoms with van der Waals surface area (Å²) in [5, 5.41) is 3.27. The van der Waals surface area contributed by atoms with Gasteiger partial charge in [0.1, 0.15) is 0 Å². The Labute approximate surface area is 119 Å². The van der Waals surface area contributed by atoms with Gasteiger partial charge in [0.25, 0.3) is 0 Å². The fourth-order valence-electron chi connectivity index (χ4n) is 5.31. The van der Waals surface area contributed by atoms with E-state index in [1.807, 2.05) is 0 Å². The van der Waals surface area contributed by atoms with Crippen molar-refractivity contribution in [1.29, 1.82) is 0 Å². The summed E-state index contributed by atoms with van der Waals surface area (Å²) < 4.78 is 0. The molecule has 4 fully saturated rings. The standard InChI is InChI=1S/C15H23N3O2/c16-11(19)7-18(10-3-4-17-6-10)15(20)14-12-8-1-2-9(5-8)13(12)14/h8-10,12-14,17H,1-7H2,(H2,16,19). The summed E-state index contributed by atoms with van der Waals surface area (Å²) >= 11 is 0. The topological polar surface area (TPSA) is 75.4 Å². The Morgan fingerprint density at radius 2 is 1.85 bits per heavy atom. The van der Waals surface area contributed by atoms with Crippen molar-refractivity contribution in [3.63, 3.8) is 0 Å². The third-order valence-corrected chi connectivity index (χ3v) is 6.10. The van der Waals surface area contributed by atoms with Gasteiger partial charge in [-0.05, 0) is 55.9 Å². The zero-order valence-corrected chi connectivity index (χ0v) is 11.8. The Morgan fingerprint density at radius 3 is 2.40 bits per heavy atom. The number of nitrogens with two attached hydrogens (primary N) is 1. The average Bonchev–Trinajstić information content (AvgIpc) is 2.85. The Balaban J connectivity index is 1.49. The minimum Gasteiger partial charge on any atom is -0.368 e. The number of rotatable bonds is 4. The van der Waals surface area contributed by atoms with Crippen molar-refractivity contribution in [2.45, 2.75) is 31.7 Å². The van der Waals surface area contributed by atoms with Gasteiger partial charge in [0, 0.05) is 18.5 Å². The summed E-state index contributed by atoms with van der Waals surface area (Å²) in [5.74, 6) is 2.87. The zero-order chi connectivity index (χ0) is 13.9. The molecule has 0 spiro atoms. The molecule has 5 heteroatoms. The third kappa shape index (κ3) is 1.79. The highest BCUT2D eigenvalue weighted by Crippen LogP contribution is 2.69. The molecule has 4 rings (SSSR count). The Bertz CT molecular complexity index is 430. The summed E-state index contributed by atoms with van der Waals surface area (Å²) in [4.78, 5) is 25.9. The molecule has 0 aromatic carbocycles. The van der Waals surface area contributed by atoms with Crippen LogP contribution in [0.4, 0.5) is 0 Å². The largest absolute Gasteiger partial charge is 0.368 e. The van der Waals surface area contributed by atoms with E-state index >= 15 is 0 Å². The number of nitrogens with one attached hydrogen (secondary N) is 1. The second-order valence-electron chi connectivity index (χ2n) is 7.09. The zero-order valence-electron chi connectivity index (χ0n) is 11.8. The first kappa shape index (κ1) is 12.6. The Kier molecular flexibility index (Phi) is 2.81. The summed E-state index contributed by atoms with van der Waals surface area (Å²) in [6, 6.07) is 0.161. The maximum atomic E-state index is 12.9. The van der Waals surface area contributed by atoms with Crippen LogP contribution < -0.4 is 11.1 Å². The van der Waals surface area contributed by atoms with E-state index < -0.39 is 0 Å². The molecule has 5 atom stereocenters. The van der Waals surface area contributed by atoms with Crippen molar-refractivity contribution in [1.82, 2.24) is 10.2 Å². The second kappa shape index (κ2) is 4.45. The van der Waals surface area contributed by atoms with Crippen LogP contribution in [0.5, 0.6) is 0 Å². The second-order valence-corrected chi connectivity index (χ2v) is 7.09. The molecule has 5 nitrogen and oxygen atoms in total. The predicted molar refractivity (Wildman–Crippen MR) is 73.5 cm³/mol. The van der Waals surface area contributed by atoms with E-state index in [1.165, 1.54) is 19.3 Å². The van der Waals surface area contributed by atoms with Gasteiger partial charge >= 0.3 is 0 Å². The van der Waals surface area contributed by atoms with E-state index in [1.54, 1.807) is 4.90 Å². The van der Waals surface area contributed by atoms with Crippen LogP contribution in [0.3, 0.4) is 0 Å². The molecule has 0 aromatic heterocycles. The van der Waals surface area contributed by atoms with Crippen molar-refractivity contribution in [2.24, 2.45) is 35.3 Å². The van der Waals surface area contributed by atoms with Crippen molar-refractivity contribution in [3.8, 4) is 0 Å². The molecular weight excluding hydrogens is 254 g/mol. The highest BCUT2D eigenvalue weighted by atomic mass is 16.2. The molecule has 2 amide bonds. The molecule has 0 aromatic rings. The molecule has 3 saturated carbocycles. The van der Waals surface area contributed by atoms with Gasteiger partial charge in [0.2, 0.25) is 11.8 Å². The number of nitrogens with zero attached hydrogens (tertiary/aromatic N) is 1. The van der Waals surface area contributed by atoms with Crippen LogP contribution in [-0.2, 0) is 9.59 Å². The molecule has 1 saturated heterocycles. The lowest BCUT2D eigenvalue weighted by Crippen LogP contribution is -2.47. The number of hydrogen-bond acceptors (Lipinski definition) is 3. The maximum absolute atomic E-state index is 12.9. The highest BCUT2D eigenvalue weighted by molar-refractivity contribution is 5.87. The molecule has 20 heavy (non-hydrogen) atoms. The molecular formula is C15H23N3O2. The van der Waals surface area contributed by atoms with Gasteiger partial charge in [-0.25, -0.2) is 0 Å². The van der Waals surface area contributed by atoms with Crippen molar-refractivity contribution in [3.05, 3.63) is 0 Å². The fraction of sp³-hybridized carbons (Fsp3) is 0.867. The Hall–Kier alpha value is -1.10. The number of fused-ring (bicyclic) bond motifs is 5. The molecule has 110 valence electrons. The smallest absolute Gasteiger partial charge is 0.237 e. The molecule has 0 radical (unpaired) electrons. The van der Waals surface area contributed by atoms with E-state index in [-0.39, 0.29) is 30.3 Å². The lowest BCUT2D eigenvalue weighted by Gasteiger charge is -2.28. The van der Waals surface area contributed by atoms with E-state index in [0.29, 0.717) is 11.8 Å². The van der Waals surface area contributed by atoms with E-state index in [9.17, 15) is 9.59 Å². The van der Waals surface area contributed by atoms with Gasteiger partial charge in [0.05, 0.1) is 6.54 Å². The molecule has 3 N–H and O–H groups in total. The summed E-state index contributed by atoms with van der Waals surface area (Å²) in [5.41, 5.74) is 5.35. The monoisotopic (exact) mass is 277 g/mol. The molecule has 3 aliphatic carbocycles. The minimum absolute atomic E-state index is 0.0937. The number of carbonyl (C=O) groups is 2. The minimum atomic E-state index is -0.390. The lowest BCUT2D eigenvalue weighted by molar-refractivity contribution is -0.139. The summed E-state index contributed by atoms with van der Waals surface area (Å²) in [6.07, 6.45) is 4.92. The quantitative estimate of drug-likeness (QED) is 0.757. The Morgan fingerprint density at radius 1 is 1.15 bits per heavy atom.